The van der Waals surface area contributed by atoms with E-state index in [0.717, 1.165) is 17.0 Å². The van der Waals surface area contributed by atoms with Crippen LogP contribution < -0.4 is 10.1 Å². The Balaban J connectivity index is 1.62. The van der Waals surface area contributed by atoms with Crippen LogP contribution in [-0.2, 0) is 4.79 Å². The monoisotopic (exact) mass is 307 g/mol. The van der Waals surface area contributed by atoms with Gasteiger partial charge in [0.05, 0.1) is 5.69 Å². The van der Waals surface area contributed by atoms with E-state index < -0.39 is 0 Å². The number of nitrogens with one attached hydrogen (secondary N) is 2. The molecule has 0 aliphatic carbocycles. The highest BCUT2D eigenvalue weighted by atomic mass is 16.5. The molecule has 23 heavy (non-hydrogen) atoms. The molecule has 0 unspecified atom stereocenters. The fraction of sp³-hybridized carbons (Fsp3) is 0.111. The van der Waals surface area contributed by atoms with Crippen LogP contribution >= 0.6 is 0 Å². The number of rotatable bonds is 5. The summed E-state index contributed by atoms with van der Waals surface area (Å²) in [5.74, 6) is 0.465. The van der Waals surface area contributed by atoms with Crippen LogP contribution in [-0.4, -0.2) is 22.7 Å². The molecule has 0 bridgehead atoms. The number of anilines is 1. The summed E-state index contributed by atoms with van der Waals surface area (Å²) in [5.41, 5.74) is 3.49. The van der Waals surface area contributed by atoms with Gasteiger partial charge in [0.25, 0.3) is 5.91 Å². The predicted octanol–water partition coefficient (Wildman–Crippen LogP) is 3.40. The maximum absolute atomic E-state index is 12.0. The van der Waals surface area contributed by atoms with Crippen molar-refractivity contribution in [2.45, 2.75) is 6.92 Å². The number of nitrogens with zero attached hydrogens (tertiary/aromatic N) is 1. The van der Waals surface area contributed by atoms with Crippen LogP contribution in [0.1, 0.15) is 5.69 Å². The SMILES string of the molecule is Cc1cc(-c2cccc(NC(=O)COc3ccccc3)c2)n[nH]1. The van der Waals surface area contributed by atoms with Crippen molar-refractivity contribution in [1.29, 1.82) is 0 Å². The summed E-state index contributed by atoms with van der Waals surface area (Å²) in [5, 5.41) is 9.96. The largest absolute Gasteiger partial charge is 0.484 e. The van der Waals surface area contributed by atoms with E-state index in [9.17, 15) is 4.79 Å². The van der Waals surface area contributed by atoms with Gasteiger partial charge >= 0.3 is 0 Å². The van der Waals surface area contributed by atoms with Crippen molar-refractivity contribution in [2.24, 2.45) is 0 Å². The van der Waals surface area contributed by atoms with Crippen LogP contribution in [0.15, 0.2) is 60.7 Å². The average Bonchev–Trinajstić information content (AvgIpc) is 3.01. The van der Waals surface area contributed by atoms with E-state index in [1.165, 1.54) is 0 Å². The third kappa shape index (κ3) is 3.97. The van der Waals surface area contributed by atoms with E-state index in [4.69, 9.17) is 4.74 Å². The second kappa shape index (κ2) is 6.79. The van der Waals surface area contributed by atoms with Crippen molar-refractivity contribution in [3.8, 4) is 17.0 Å². The standard InChI is InChI=1S/C18H17N3O2/c1-13-10-17(21-20-13)14-6-5-7-15(11-14)19-18(22)12-23-16-8-3-2-4-9-16/h2-11H,12H2,1H3,(H,19,22)(H,20,21). The van der Waals surface area contributed by atoms with Crippen LogP contribution in [0.3, 0.4) is 0 Å². The number of para-hydroxylation sites is 1. The van der Waals surface area contributed by atoms with E-state index in [2.05, 4.69) is 15.5 Å². The minimum atomic E-state index is -0.204. The third-order valence-electron chi connectivity index (χ3n) is 3.26. The minimum absolute atomic E-state index is 0.0320. The first-order valence-corrected chi connectivity index (χ1v) is 7.31. The number of aromatic amines is 1. The van der Waals surface area contributed by atoms with E-state index in [-0.39, 0.29) is 12.5 Å². The molecule has 0 aliphatic rings. The van der Waals surface area contributed by atoms with E-state index in [1.807, 2.05) is 67.6 Å². The molecular weight excluding hydrogens is 290 g/mol. The number of hydrogen-bond acceptors (Lipinski definition) is 3. The number of aromatic nitrogens is 2. The first-order chi connectivity index (χ1) is 11.2. The number of carbonyl (C=O) groups is 1. The van der Waals surface area contributed by atoms with Gasteiger partial charge in [0.15, 0.2) is 6.61 Å². The van der Waals surface area contributed by atoms with Gasteiger partial charge in [-0.25, -0.2) is 0 Å². The van der Waals surface area contributed by atoms with Gasteiger partial charge < -0.3 is 10.1 Å². The zero-order valence-electron chi connectivity index (χ0n) is 12.7. The second-order valence-corrected chi connectivity index (χ2v) is 5.17. The van der Waals surface area contributed by atoms with Gasteiger partial charge in [-0.15, -0.1) is 0 Å². The maximum atomic E-state index is 12.0. The Labute approximate surface area is 134 Å². The summed E-state index contributed by atoms with van der Waals surface area (Å²) < 4.78 is 5.43. The summed E-state index contributed by atoms with van der Waals surface area (Å²) >= 11 is 0. The van der Waals surface area contributed by atoms with E-state index >= 15 is 0 Å². The van der Waals surface area contributed by atoms with Crippen LogP contribution in [0.5, 0.6) is 5.75 Å². The fourth-order valence-electron chi connectivity index (χ4n) is 2.18. The summed E-state index contributed by atoms with van der Waals surface area (Å²) in [6.07, 6.45) is 0. The Morgan fingerprint density at radius 2 is 1.96 bits per heavy atom. The van der Waals surface area contributed by atoms with E-state index in [0.29, 0.717) is 11.4 Å². The molecule has 1 heterocycles. The number of amides is 1. The molecule has 1 amide bonds. The van der Waals surface area contributed by atoms with Crippen molar-refractivity contribution >= 4 is 11.6 Å². The smallest absolute Gasteiger partial charge is 0.262 e. The molecule has 0 radical (unpaired) electrons. The zero-order chi connectivity index (χ0) is 16.1. The topological polar surface area (TPSA) is 67.0 Å². The molecule has 0 atom stereocenters. The lowest BCUT2D eigenvalue weighted by molar-refractivity contribution is -0.118. The Bertz CT molecular complexity index is 797. The highest BCUT2D eigenvalue weighted by Gasteiger charge is 2.06. The highest BCUT2D eigenvalue weighted by molar-refractivity contribution is 5.92. The first kappa shape index (κ1) is 14.8. The second-order valence-electron chi connectivity index (χ2n) is 5.17. The molecule has 2 N–H and O–H groups in total. The van der Waals surface area contributed by atoms with Gasteiger partial charge in [0, 0.05) is 16.9 Å². The van der Waals surface area contributed by atoms with Crippen molar-refractivity contribution in [3.05, 3.63) is 66.4 Å². The molecule has 0 saturated heterocycles. The van der Waals surface area contributed by atoms with Gasteiger partial charge in [0.1, 0.15) is 5.75 Å². The molecule has 0 saturated carbocycles. The van der Waals surface area contributed by atoms with Crippen molar-refractivity contribution in [1.82, 2.24) is 10.2 Å². The van der Waals surface area contributed by atoms with Crippen LogP contribution in [0.25, 0.3) is 11.3 Å². The number of hydrogen-bond donors (Lipinski definition) is 2. The maximum Gasteiger partial charge on any atom is 0.262 e. The first-order valence-electron chi connectivity index (χ1n) is 7.31. The summed E-state index contributed by atoms with van der Waals surface area (Å²) in [6, 6.07) is 18.8. The molecule has 5 heteroatoms. The molecule has 3 rings (SSSR count). The number of aryl methyl sites for hydroxylation is 1. The zero-order valence-corrected chi connectivity index (χ0v) is 12.7. The molecule has 0 aliphatic heterocycles. The van der Waals surface area contributed by atoms with Gasteiger partial charge in [-0.1, -0.05) is 30.3 Å². The van der Waals surface area contributed by atoms with Crippen LogP contribution in [0.4, 0.5) is 5.69 Å². The number of carbonyl (C=O) groups excluding carboxylic acids is 1. The molecule has 2 aromatic carbocycles. The van der Waals surface area contributed by atoms with Crippen LogP contribution in [0.2, 0.25) is 0 Å². The minimum Gasteiger partial charge on any atom is -0.484 e. The van der Waals surface area contributed by atoms with Gasteiger partial charge in [0.2, 0.25) is 0 Å². The molecular formula is C18H17N3O2. The highest BCUT2D eigenvalue weighted by Crippen LogP contribution is 2.21. The average molecular weight is 307 g/mol. The Morgan fingerprint density at radius 1 is 1.13 bits per heavy atom. The molecule has 3 aromatic rings. The molecule has 0 fully saturated rings. The number of benzene rings is 2. The Hall–Kier alpha value is -3.08. The van der Waals surface area contributed by atoms with Gasteiger partial charge in [-0.3, -0.25) is 9.89 Å². The van der Waals surface area contributed by atoms with Crippen molar-refractivity contribution in [3.63, 3.8) is 0 Å². The molecule has 0 spiro atoms. The summed E-state index contributed by atoms with van der Waals surface area (Å²) in [7, 11) is 0. The lowest BCUT2D eigenvalue weighted by Gasteiger charge is -2.08. The molecule has 5 nitrogen and oxygen atoms in total. The molecule has 116 valence electrons. The quantitative estimate of drug-likeness (QED) is 0.759. The predicted molar refractivity (Wildman–Crippen MR) is 89.3 cm³/mol. The Morgan fingerprint density at radius 3 is 2.70 bits per heavy atom. The lowest BCUT2D eigenvalue weighted by Crippen LogP contribution is -2.20. The van der Waals surface area contributed by atoms with Crippen molar-refractivity contribution in [2.75, 3.05) is 11.9 Å². The number of H-pyrrole nitrogens is 1. The van der Waals surface area contributed by atoms with Gasteiger partial charge in [-0.05, 0) is 37.3 Å². The summed E-state index contributed by atoms with van der Waals surface area (Å²) in [4.78, 5) is 12.0. The van der Waals surface area contributed by atoms with Gasteiger partial charge in [-0.2, -0.15) is 5.10 Å². The molecule has 1 aromatic heterocycles. The summed E-state index contributed by atoms with van der Waals surface area (Å²) in [6.45, 7) is 1.92. The number of ether oxygens (including phenoxy) is 1. The third-order valence-corrected chi connectivity index (χ3v) is 3.26. The fourth-order valence-corrected chi connectivity index (χ4v) is 2.18. The van der Waals surface area contributed by atoms with Crippen LogP contribution in [0, 0.1) is 6.92 Å². The lowest BCUT2D eigenvalue weighted by atomic mass is 10.1. The normalized spacial score (nSPS) is 10.3. The van der Waals surface area contributed by atoms with Crippen molar-refractivity contribution < 1.29 is 9.53 Å². The Kier molecular flexibility index (Phi) is 4.38. The van der Waals surface area contributed by atoms with E-state index in [1.54, 1.807) is 0 Å².